The van der Waals surface area contributed by atoms with Gasteiger partial charge < -0.3 is 9.84 Å². The van der Waals surface area contributed by atoms with Crippen molar-refractivity contribution in [3.8, 4) is 11.3 Å². The minimum Gasteiger partial charge on any atom is -0.350 e. The number of aromatic nitrogens is 3. The van der Waals surface area contributed by atoms with Gasteiger partial charge in [-0.2, -0.15) is 18.3 Å². The van der Waals surface area contributed by atoms with Crippen LogP contribution in [0.2, 0.25) is 0 Å². The van der Waals surface area contributed by atoms with E-state index in [2.05, 4.69) is 15.6 Å². The molecule has 3 rings (SSSR count). The summed E-state index contributed by atoms with van der Waals surface area (Å²) >= 11 is 0. The number of benzene rings is 1. The van der Waals surface area contributed by atoms with Crippen LogP contribution < -0.4 is 5.32 Å². The van der Waals surface area contributed by atoms with E-state index in [1.807, 2.05) is 0 Å². The minimum atomic E-state index is -4.44. The molecule has 1 unspecified atom stereocenters. The molecule has 3 aromatic rings. The highest BCUT2D eigenvalue weighted by Crippen LogP contribution is 2.30. The second-order valence-corrected chi connectivity index (χ2v) is 5.80. The Kier molecular flexibility index (Phi) is 4.54. The second-order valence-electron chi connectivity index (χ2n) is 5.80. The molecule has 0 aliphatic carbocycles. The molecule has 0 fully saturated rings. The van der Waals surface area contributed by atoms with Crippen LogP contribution in [-0.4, -0.2) is 20.8 Å². The number of halogens is 3. The fraction of sp³-hybridized carbons (Fsp3) is 0.235. The lowest BCUT2D eigenvalue weighted by Crippen LogP contribution is -2.26. The molecule has 1 aromatic carbocycles. The molecule has 9 heteroatoms. The molecule has 1 N–H and O–H groups in total. The summed E-state index contributed by atoms with van der Waals surface area (Å²) in [4.78, 5) is 12.3. The Hall–Kier alpha value is -3.10. The van der Waals surface area contributed by atoms with E-state index in [1.165, 1.54) is 18.2 Å². The summed E-state index contributed by atoms with van der Waals surface area (Å²) in [5.41, 5.74) is 0.686. The molecule has 2 heterocycles. The van der Waals surface area contributed by atoms with Gasteiger partial charge in [-0.1, -0.05) is 17.3 Å². The number of aryl methyl sites for hydroxylation is 1. The van der Waals surface area contributed by atoms with E-state index in [0.717, 1.165) is 12.1 Å². The number of alkyl halides is 3. The molecule has 2 aromatic heterocycles. The summed E-state index contributed by atoms with van der Waals surface area (Å²) < 4.78 is 45.0. The van der Waals surface area contributed by atoms with Crippen molar-refractivity contribution in [2.24, 2.45) is 7.05 Å². The highest BCUT2D eigenvalue weighted by molar-refractivity contribution is 5.92. The Balaban J connectivity index is 1.73. The van der Waals surface area contributed by atoms with Gasteiger partial charge in [0.1, 0.15) is 5.69 Å². The first-order valence-electron chi connectivity index (χ1n) is 7.68. The third-order valence-electron chi connectivity index (χ3n) is 3.80. The minimum absolute atomic E-state index is 0.0392. The van der Waals surface area contributed by atoms with E-state index >= 15 is 0 Å². The quantitative estimate of drug-likeness (QED) is 0.768. The van der Waals surface area contributed by atoms with Crippen LogP contribution in [0, 0.1) is 0 Å². The van der Waals surface area contributed by atoms with E-state index < -0.39 is 23.7 Å². The maximum atomic E-state index is 12.8. The van der Waals surface area contributed by atoms with Crippen molar-refractivity contribution >= 4 is 5.91 Å². The lowest BCUT2D eigenvalue weighted by molar-refractivity contribution is -0.137. The summed E-state index contributed by atoms with van der Waals surface area (Å²) in [6.07, 6.45) is -1.15. The van der Waals surface area contributed by atoms with Gasteiger partial charge in [-0.05, 0) is 24.6 Å². The predicted octanol–water partition coefficient (Wildman–Crippen LogP) is 3.58. The lowest BCUT2D eigenvalue weighted by Gasteiger charge is -2.15. The molecule has 0 radical (unpaired) electrons. The van der Waals surface area contributed by atoms with Gasteiger partial charge in [0.15, 0.2) is 0 Å². The number of rotatable bonds is 4. The highest BCUT2D eigenvalue weighted by Gasteiger charge is 2.30. The van der Waals surface area contributed by atoms with E-state index in [9.17, 15) is 18.0 Å². The topological polar surface area (TPSA) is 73.0 Å². The fourth-order valence-corrected chi connectivity index (χ4v) is 2.41. The molecule has 0 saturated carbocycles. The summed E-state index contributed by atoms with van der Waals surface area (Å²) in [5, 5.41) is 10.4. The van der Waals surface area contributed by atoms with Crippen molar-refractivity contribution in [3.05, 3.63) is 59.6 Å². The van der Waals surface area contributed by atoms with Gasteiger partial charge in [-0.25, -0.2) is 0 Å². The maximum Gasteiger partial charge on any atom is 0.416 e. The van der Waals surface area contributed by atoms with Crippen LogP contribution in [-0.2, 0) is 13.2 Å². The van der Waals surface area contributed by atoms with Gasteiger partial charge in [-0.3, -0.25) is 9.48 Å². The Morgan fingerprint density at radius 1 is 1.31 bits per heavy atom. The van der Waals surface area contributed by atoms with Crippen molar-refractivity contribution < 1.29 is 22.5 Å². The molecule has 0 aliphatic heterocycles. The number of nitrogens with zero attached hydrogens (tertiary/aromatic N) is 3. The number of nitrogens with one attached hydrogen (secondary N) is 1. The molecule has 0 saturated heterocycles. The van der Waals surface area contributed by atoms with E-state index in [-0.39, 0.29) is 5.76 Å². The first-order chi connectivity index (χ1) is 12.2. The number of carbonyl (C=O) groups is 1. The van der Waals surface area contributed by atoms with Crippen LogP contribution >= 0.6 is 0 Å². The monoisotopic (exact) mass is 364 g/mol. The standard InChI is InChI=1S/C17H15F3N4O2/c1-10(11-4-3-5-13(6-11)17(18,19)20)22-16(25)15-7-14(23-26-15)12-8-21-24(2)9-12/h3-10H,1-2H3,(H,22,25). The molecule has 0 bridgehead atoms. The SMILES string of the molecule is CC(NC(=O)c1cc(-c2cnn(C)c2)no1)c1cccc(C(F)(F)F)c1. The largest absolute Gasteiger partial charge is 0.416 e. The zero-order valence-corrected chi connectivity index (χ0v) is 13.9. The van der Waals surface area contributed by atoms with Gasteiger partial charge in [0.25, 0.3) is 5.91 Å². The first-order valence-corrected chi connectivity index (χ1v) is 7.68. The maximum absolute atomic E-state index is 12.8. The van der Waals surface area contributed by atoms with Crippen LogP contribution in [0.3, 0.4) is 0 Å². The van der Waals surface area contributed by atoms with Crippen molar-refractivity contribution in [1.82, 2.24) is 20.3 Å². The zero-order valence-electron chi connectivity index (χ0n) is 13.9. The lowest BCUT2D eigenvalue weighted by atomic mass is 10.0. The van der Waals surface area contributed by atoms with E-state index in [1.54, 1.807) is 31.0 Å². The third-order valence-corrected chi connectivity index (χ3v) is 3.80. The Morgan fingerprint density at radius 2 is 2.08 bits per heavy atom. The van der Waals surface area contributed by atoms with Crippen molar-refractivity contribution in [2.45, 2.75) is 19.1 Å². The number of hydrogen-bond donors (Lipinski definition) is 1. The van der Waals surface area contributed by atoms with Crippen molar-refractivity contribution in [3.63, 3.8) is 0 Å². The van der Waals surface area contributed by atoms with Crippen LogP contribution in [0.4, 0.5) is 13.2 Å². The second kappa shape index (κ2) is 6.66. The van der Waals surface area contributed by atoms with Gasteiger partial charge in [0.05, 0.1) is 17.8 Å². The molecule has 0 aliphatic rings. The first kappa shape index (κ1) is 17.7. The smallest absolute Gasteiger partial charge is 0.350 e. The molecular weight excluding hydrogens is 349 g/mol. The molecule has 1 atom stereocenters. The molecule has 0 spiro atoms. The Morgan fingerprint density at radius 3 is 2.73 bits per heavy atom. The summed E-state index contributed by atoms with van der Waals surface area (Å²) in [6, 6.07) is 5.61. The van der Waals surface area contributed by atoms with Crippen LogP contribution in [0.5, 0.6) is 0 Å². The molecule has 26 heavy (non-hydrogen) atoms. The number of carbonyl (C=O) groups excluding carboxylic acids is 1. The van der Waals surface area contributed by atoms with Crippen molar-refractivity contribution in [1.29, 1.82) is 0 Å². The zero-order chi connectivity index (χ0) is 18.9. The average molecular weight is 364 g/mol. The van der Waals surface area contributed by atoms with E-state index in [0.29, 0.717) is 16.8 Å². The predicted molar refractivity (Wildman–Crippen MR) is 86.0 cm³/mol. The van der Waals surface area contributed by atoms with Gasteiger partial charge in [0.2, 0.25) is 5.76 Å². The van der Waals surface area contributed by atoms with Gasteiger partial charge >= 0.3 is 6.18 Å². The van der Waals surface area contributed by atoms with Gasteiger partial charge in [-0.15, -0.1) is 0 Å². The summed E-state index contributed by atoms with van der Waals surface area (Å²) in [5.74, 6) is -0.611. The Bertz CT molecular complexity index is 930. The molecule has 1 amide bonds. The normalized spacial score (nSPS) is 12.8. The van der Waals surface area contributed by atoms with Crippen LogP contribution in [0.25, 0.3) is 11.3 Å². The van der Waals surface area contributed by atoms with Crippen LogP contribution in [0.1, 0.15) is 34.6 Å². The number of hydrogen-bond acceptors (Lipinski definition) is 4. The molecule has 6 nitrogen and oxygen atoms in total. The van der Waals surface area contributed by atoms with Gasteiger partial charge in [0, 0.05) is 24.9 Å². The van der Waals surface area contributed by atoms with Crippen molar-refractivity contribution in [2.75, 3.05) is 0 Å². The third kappa shape index (κ3) is 3.76. The van der Waals surface area contributed by atoms with Crippen LogP contribution in [0.15, 0.2) is 47.2 Å². The Labute approximate surface area is 146 Å². The fourth-order valence-electron chi connectivity index (χ4n) is 2.41. The summed E-state index contributed by atoms with van der Waals surface area (Å²) in [7, 11) is 1.74. The number of amides is 1. The van der Waals surface area contributed by atoms with E-state index in [4.69, 9.17) is 4.52 Å². The average Bonchev–Trinajstić information content (AvgIpc) is 3.23. The molecular formula is C17H15F3N4O2. The summed E-state index contributed by atoms with van der Waals surface area (Å²) in [6.45, 7) is 1.59. The molecule has 136 valence electrons. The highest BCUT2D eigenvalue weighted by atomic mass is 19.4.